The van der Waals surface area contributed by atoms with E-state index in [1.807, 2.05) is 6.20 Å². The first-order chi connectivity index (χ1) is 16.3. The van der Waals surface area contributed by atoms with Gasteiger partial charge in [0.05, 0.1) is 24.9 Å². The SMILES string of the molecule is COc1cc(Cn2cc(C3CCC4(CC3)CC4)nn2)ccc1C(=O)N[C@H](CCC(F)F)C(=O)O. The van der Waals surface area contributed by atoms with Crippen molar-refractivity contribution in [1.29, 1.82) is 0 Å². The van der Waals surface area contributed by atoms with E-state index in [0.29, 0.717) is 17.9 Å². The highest BCUT2D eigenvalue weighted by Gasteiger charge is 2.45. The fraction of sp³-hybridized carbons (Fsp3) is 0.583. The molecule has 2 saturated carbocycles. The Labute approximate surface area is 196 Å². The molecule has 1 aromatic carbocycles. The zero-order chi connectivity index (χ0) is 24.3. The quantitative estimate of drug-likeness (QED) is 0.537. The van der Waals surface area contributed by atoms with Crippen LogP contribution in [0.4, 0.5) is 8.78 Å². The van der Waals surface area contributed by atoms with E-state index in [4.69, 9.17) is 4.74 Å². The number of aromatic nitrogens is 3. The van der Waals surface area contributed by atoms with Crippen LogP contribution in [0, 0.1) is 5.41 Å². The summed E-state index contributed by atoms with van der Waals surface area (Å²) in [4.78, 5) is 23.9. The van der Waals surface area contributed by atoms with E-state index in [2.05, 4.69) is 15.6 Å². The normalized spacial score (nSPS) is 18.1. The third-order valence-electron chi connectivity index (χ3n) is 7.11. The molecule has 1 atom stereocenters. The molecule has 2 N–H and O–H groups in total. The Balaban J connectivity index is 1.39. The van der Waals surface area contributed by atoms with Crippen LogP contribution >= 0.6 is 0 Å². The van der Waals surface area contributed by atoms with E-state index in [1.165, 1.54) is 38.9 Å². The minimum Gasteiger partial charge on any atom is -0.496 e. The van der Waals surface area contributed by atoms with Crippen LogP contribution in [-0.4, -0.2) is 51.6 Å². The number of aliphatic carboxylic acids is 1. The van der Waals surface area contributed by atoms with Crippen molar-refractivity contribution in [2.24, 2.45) is 5.41 Å². The number of hydrogen-bond donors (Lipinski definition) is 2. The van der Waals surface area contributed by atoms with Gasteiger partial charge in [0.2, 0.25) is 6.43 Å². The summed E-state index contributed by atoms with van der Waals surface area (Å²) < 4.78 is 32.0. The van der Waals surface area contributed by atoms with Crippen molar-refractivity contribution >= 4 is 11.9 Å². The maximum absolute atomic E-state index is 12.6. The molecule has 1 spiro atoms. The molecule has 1 heterocycles. The highest BCUT2D eigenvalue weighted by atomic mass is 19.3. The summed E-state index contributed by atoms with van der Waals surface area (Å²) in [6, 6.07) is 3.53. The minimum atomic E-state index is -2.64. The molecule has 2 aliphatic rings. The van der Waals surface area contributed by atoms with Crippen molar-refractivity contribution in [2.75, 3.05) is 7.11 Å². The average molecular weight is 477 g/mol. The van der Waals surface area contributed by atoms with Crippen LogP contribution in [0.25, 0.3) is 0 Å². The number of carboxylic acid groups (broad SMARTS) is 1. The lowest BCUT2D eigenvalue weighted by Gasteiger charge is -2.26. The standard InChI is InChI=1S/C24H30F2N4O4/c1-34-20-12-15(2-3-17(20)22(31)27-18(23(32)33)4-5-21(25)26)13-30-14-19(28-29-30)16-6-8-24(9-7-16)10-11-24/h2-3,12,14,16,18,21H,4-11,13H2,1H3,(H,27,31)(H,32,33)/t18-/m1/s1. The van der Waals surface area contributed by atoms with Crippen molar-refractivity contribution < 1.29 is 28.2 Å². The van der Waals surface area contributed by atoms with Crippen molar-refractivity contribution in [3.05, 3.63) is 41.2 Å². The molecule has 0 saturated heterocycles. The Hall–Kier alpha value is -3.04. The van der Waals surface area contributed by atoms with Gasteiger partial charge >= 0.3 is 5.97 Å². The molecule has 10 heteroatoms. The van der Waals surface area contributed by atoms with Crippen LogP contribution < -0.4 is 10.1 Å². The fourth-order valence-corrected chi connectivity index (χ4v) is 4.78. The van der Waals surface area contributed by atoms with E-state index >= 15 is 0 Å². The number of carbonyl (C=O) groups is 2. The van der Waals surface area contributed by atoms with Gasteiger partial charge < -0.3 is 15.2 Å². The molecular weight excluding hydrogens is 446 g/mol. The number of ether oxygens (including phenoxy) is 1. The molecule has 4 rings (SSSR count). The second kappa shape index (κ2) is 10.1. The number of nitrogens with zero attached hydrogens (tertiary/aromatic N) is 3. The average Bonchev–Trinajstić information content (AvgIpc) is 3.40. The Morgan fingerprint density at radius 2 is 1.97 bits per heavy atom. The molecule has 0 radical (unpaired) electrons. The maximum Gasteiger partial charge on any atom is 0.326 e. The molecular formula is C24H30F2N4O4. The Morgan fingerprint density at radius 3 is 2.59 bits per heavy atom. The van der Waals surface area contributed by atoms with Crippen LogP contribution in [-0.2, 0) is 11.3 Å². The number of methoxy groups -OCH3 is 1. The molecule has 2 aliphatic carbocycles. The van der Waals surface area contributed by atoms with Gasteiger partial charge in [-0.25, -0.2) is 18.3 Å². The number of alkyl halides is 2. The summed E-state index contributed by atoms with van der Waals surface area (Å²) in [7, 11) is 1.41. The third kappa shape index (κ3) is 5.71. The molecule has 34 heavy (non-hydrogen) atoms. The van der Waals surface area contributed by atoms with E-state index in [1.54, 1.807) is 16.8 Å². The van der Waals surface area contributed by atoms with Gasteiger partial charge in [-0.15, -0.1) is 5.10 Å². The van der Waals surface area contributed by atoms with Gasteiger partial charge in [-0.1, -0.05) is 11.3 Å². The number of rotatable bonds is 10. The Morgan fingerprint density at radius 1 is 1.24 bits per heavy atom. The number of benzene rings is 1. The zero-order valence-electron chi connectivity index (χ0n) is 19.2. The molecule has 0 bridgehead atoms. The number of carbonyl (C=O) groups excluding carboxylic acids is 1. The summed E-state index contributed by atoms with van der Waals surface area (Å²) in [5.74, 6) is -1.35. The van der Waals surface area contributed by atoms with Gasteiger partial charge in [0.15, 0.2) is 0 Å². The van der Waals surface area contributed by atoms with Gasteiger partial charge in [0.25, 0.3) is 5.91 Å². The van der Waals surface area contributed by atoms with Crippen LogP contribution in [0.3, 0.4) is 0 Å². The highest BCUT2D eigenvalue weighted by molar-refractivity contribution is 5.99. The molecule has 1 aromatic heterocycles. The summed E-state index contributed by atoms with van der Waals surface area (Å²) in [5.41, 5.74) is 2.61. The lowest BCUT2D eigenvalue weighted by Crippen LogP contribution is -2.41. The first-order valence-electron chi connectivity index (χ1n) is 11.7. The predicted octanol–water partition coefficient (Wildman–Crippen LogP) is 4.00. The lowest BCUT2D eigenvalue weighted by molar-refractivity contribution is -0.139. The molecule has 0 unspecified atom stereocenters. The molecule has 1 amide bonds. The van der Waals surface area contributed by atoms with Crippen LogP contribution in [0.1, 0.15) is 78.9 Å². The van der Waals surface area contributed by atoms with Crippen molar-refractivity contribution in [3.63, 3.8) is 0 Å². The summed E-state index contributed by atoms with van der Waals surface area (Å²) in [5, 5.41) is 20.2. The first-order valence-corrected chi connectivity index (χ1v) is 11.7. The number of hydrogen-bond acceptors (Lipinski definition) is 5. The van der Waals surface area contributed by atoms with Crippen molar-refractivity contribution in [2.45, 2.75) is 76.3 Å². The summed E-state index contributed by atoms with van der Waals surface area (Å²) >= 11 is 0. The molecule has 2 fully saturated rings. The number of nitrogens with one attached hydrogen (secondary N) is 1. The largest absolute Gasteiger partial charge is 0.496 e. The van der Waals surface area contributed by atoms with Crippen molar-refractivity contribution in [1.82, 2.24) is 20.3 Å². The Kier molecular flexibility index (Phi) is 7.13. The van der Waals surface area contributed by atoms with Crippen molar-refractivity contribution in [3.8, 4) is 5.75 Å². The highest BCUT2D eigenvalue weighted by Crippen LogP contribution is 2.58. The van der Waals surface area contributed by atoms with Gasteiger partial charge in [0.1, 0.15) is 11.8 Å². The number of halogens is 2. The van der Waals surface area contributed by atoms with Gasteiger partial charge in [-0.3, -0.25) is 4.79 Å². The number of carboxylic acids is 1. The minimum absolute atomic E-state index is 0.130. The predicted molar refractivity (Wildman–Crippen MR) is 119 cm³/mol. The molecule has 184 valence electrons. The smallest absolute Gasteiger partial charge is 0.326 e. The van der Waals surface area contributed by atoms with E-state index < -0.39 is 30.8 Å². The van der Waals surface area contributed by atoms with E-state index in [-0.39, 0.29) is 17.7 Å². The topological polar surface area (TPSA) is 106 Å². The maximum atomic E-state index is 12.6. The zero-order valence-corrected chi connectivity index (χ0v) is 19.2. The number of amides is 1. The van der Waals surface area contributed by atoms with Crippen LogP contribution in [0.2, 0.25) is 0 Å². The van der Waals surface area contributed by atoms with E-state index in [0.717, 1.165) is 24.1 Å². The summed E-state index contributed by atoms with van der Waals surface area (Å²) in [6.45, 7) is 0.439. The van der Waals surface area contributed by atoms with Crippen LogP contribution in [0.15, 0.2) is 24.4 Å². The third-order valence-corrected chi connectivity index (χ3v) is 7.11. The second-order valence-corrected chi connectivity index (χ2v) is 9.48. The van der Waals surface area contributed by atoms with Crippen LogP contribution in [0.5, 0.6) is 5.75 Å². The summed E-state index contributed by atoms with van der Waals surface area (Å²) in [6.07, 6.45) is 5.96. The van der Waals surface area contributed by atoms with Gasteiger partial charge in [-0.2, -0.15) is 0 Å². The lowest BCUT2D eigenvalue weighted by atomic mass is 9.79. The molecule has 0 aliphatic heterocycles. The van der Waals surface area contributed by atoms with Gasteiger partial charge in [-0.05, 0) is 68.1 Å². The Bertz CT molecular complexity index is 1030. The second-order valence-electron chi connectivity index (χ2n) is 9.48. The van der Waals surface area contributed by atoms with E-state index in [9.17, 15) is 23.5 Å². The fourth-order valence-electron chi connectivity index (χ4n) is 4.78. The first kappa shape index (κ1) is 24.1. The monoisotopic (exact) mass is 476 g/mol. The molecule has 8 nitrogen and oxygen atoms in total. The van der Waals surface area contributed by atoms with Gasteiger partial charge in [0, 0.05) is 18.5 Å². The molecule has 2 aromatic rings.